The van der Waals surface area contributed by atoms with Gasteiger partial charge in [0.15, 0.2) is 0 Å². The Hall–Kier alpha value is -3.67. The summed E-state index contributed by atoms with van der Waals surface area (Å²) in [7, 11) is 1.65. The second-order valence-corrected chi connectivity index (χ2v) is 7.45. The fraction of sp³-hybridized carbons (Fsp3) is 0.208. The topological polar surface area (TPSA) is 71.1 Å². The number of hydrogen-bond acceptors (Lipinski definition) is 4. The van der Waals surface area contributed by atoms with Crippen LogP contribution in [0.5, 0.6) is 5.75 Å². The highest BCUT2D eigenvalue weighted by molar-refractivity contribution is 5.88. The van der Waals surface area contributed by atoms with Crippen molar-refractivity contribution in [2.24, 2.45) is 0 Å². The normalized spacial score (nSPS) is 15.8. The zero-order valence-electron chi connectivity index (χ0n) is 16.7. The van der Waals surface area contributed by atoms with Crippen molar-refractivity contribution in [2.45, 2.75) is 18.9 Å². The average molecular weight is 398 g/mol. The molecule has 30 heavy (non-hydrogen) atoms. The van der Waals surface area contributed by atoms with E-state index in [0.717, 1.165) is 45.6 Å². The van der Waals surface area contributed by atoms with Crippen molar-refractivity contribution in [1.29, 1.82) is 0 Å². The monoisotopic (exact) mass is 398 g/mol. The lowest BCUT2D eigenvalue weighted by atomic mass is 9.94. The molecule has 0 saturated carbocycles. The molecule has 6 heteroatoms. The van der Waals surface area contributed by atoms with Gasteiger partial charge in [-0.3, -0.25) is 9.78 Å². The molecule has 0 aliphatic carbocycles. The summed E-state index contributed by atoms with van der Waals surface area (Å²) < 4.78 is 5.30. The number of rotatable bonds is 4. The Balaban J connectivity index is 1.50. The molecule has 0 saturated heterocycles. The summed E-state index contributed by atoms with van der Waals surface area (Å²) in [5.74, 6) is 0.860. The van der Waals surface area contributed by atoms with Crippen LogP contribution in [-0.4, -0.2) is 39.4 Å². The standard InChI is InChI=1S/C24H22N4O2/c1-30-19-9-7-17(8-10-19)24-23-20(26-15-27-23)11-13-28(24)21(29)14-18-5-2-4-16-6-3-12-25-22(16)18/h2-10,12,15,24H,11,13-14H2,1H3,(H,26,27). The third-order valence-electron chi connectivity index (χ3n) is 5.73. The van der Waals surface area contributed by atoms with Crippen molar-refractivity contribution in [1.82, 2.24) is 19.9 Å². The number of imidazole rings is 1. The van der Waals surface area contributed by atoms with Crippen molar-refractivity contribution in [3.05, 3.63) is 89.6 Å². The lowest BCUT2D eigenvalue weighted by Gasteiger charge is -2.35. The van der Waals surface area contributed by atoms with Gasteiger partial charge in [-0.05, 0) is 29.3 Å². The molecule has 2 aromatic heterocycles. The van der Waals surface area contributed by atoms with Gasteiger partial charge < -0.3 is 14.6 Å². The van der Waals surface area contributed by atoms with Gasteiger partial charge in [0.2, 0.25) is 5.91 Å². The van der Waals surface area contributed by atoms with Crippen LogP contribution in [0.15, 0.2) is 67.1 Å². The number of nitrogens with zero attached hydrogens (tertiary/aromatic N) is 3. The van der Waals surface area contributed by atoms with Crippen LogP contribution in [0, 0.1) is 0 Å². The summed E-state index contributed by atoms with van der Waals surface area (Å²) in [5, 5.41) is 1.04. The molecule has 3 heterocycles. The molecule has 5 rings (SSSR count). The van der Waals surface area contributed by atoms with Gasteiger partial charge in [0, 0.05) is 30.2 Å². The van der Waals surface area contributed by atoms with Crippen LogP contribution < -0.4 is 4.74 Å². The number of fused-ring (bicyclic) bond motifs is 2. The first-order chi connectivity index (χ1) is 14.7. The number of methoxy groups -OCH3 is 1. The van der Waals surface area contributed by atoms with Crippen LogP contribution >= 0.6 is 0 Å². The number of hydrogen-bond donors (Lipinski definition) is 1. The number of pyridine rings is 1. The van der Waals surface area contributed by atoms with E-state index in [9.17, 15) is 4.79 Å². The Kier molecular flexibility index (Phi) is 4.67. The molecule has 150 valence electrons. The van der Waals surface area contributed by atoms with Gasteiger partial charge in [-0.25, -0.2) is 4.98 Å². The summed E-state index contributed by atoms with van der Waals surface area (Å²) in [6.45, 7) is 0.642. The van der Waals surface area contributed by atoms with Crippen LogP contribution in [0.4, 0.5) is 0 Å². The molecule has 1 N–H and O–H groups in total. The Morgan fingerprint density at radius 1 is 1.13 bits per heavy atom. The number of carbonyl (C=O) groups is 1. The van der Waals surface area contributed by atoms with Crippen molar-refractivity contribution in [2.75, 3.05) is 13.7 Å². The SMILES string of the molecule is COc1ccc(C2c3nc[nH]c3CCN2C(=O)Cc2cccc3cccnc23)cc1. The number of nitrogens with one attached hydrogen (secondary N) is 1. The minimum Gasteiger partial charge on any atom is -0.497 e. The lowest BCUT2D eigenvalue weighted by Crippen LogP contribution is -2.41. The zero-order chi connectivity index (χ0) is 20.5. The fourth-order valence-electron chi connectivity index (χ4n) is 4.24. The minimum absolute atomic E-state index is 0.0719. The van der Waals surface area contributed by atoms with Gasteiger partial charge in [-0.1, -0.05) is 36.4 Å². The minimum atomic E-state index is -0.221. The highest BCUT2D eigenvalue weighted by atomic mass is 16.5. The maximum absolute atomic E-state index is 13.5. The summed E-state index contributed by atoms with van der Waals surface area (Å²) in [6.07, 6.45) is 4.55. The number of carbonyl (C=O) groups excluding carboxylic acids is 1. The van der Waals surface area contributed by atoms with E-state index < -0.39 is 0 Å². The van der Waals surface area contributed by atoms with E-state index in [0.29, 0.717) is 13.0 Å². The maximum atomic E-state index is 13.5. The second-order valence-electron chi connectivity index (χ2n) is 7.45. The predicted molar refractivity (Wildman–Crippen MR) is 114 cm³/mol. The first-order valence-electron chi connectivity index (χ1n) is 10.0. The Morgan fingerprint density at radius 2 is 1.97 bits per heavy atom. The molecule has 1 unspecified atom stereocenters. The Bertz CT molecular complexity index is 1190. The number of benzene rings is 2. The Labute approximate surface area is 174 Å². The smallest absolute Gasteiger partial charge is 0.227 e. The number of H-pyrrole nitrogens is 1. The summed E-state index contributed by atoms with van der Waals surface area (Å²) >= 11 is 0. The zero-order valence-corrected chi connectivity index (χ0v) is 16.7. The molecule has 1 atom stereocenters. The van der Waals surface area contributed by atoms with Gasteiger partial charge >= 0.3 is 0 Å². The molecule has 1 aliphatic rings. The van der Waals surface area contributed by atoms with Gasteiger partial charge in [-0.2, -0.15) is 0 Å². The number of amides is 1. The van der Waals surface area contributed by atoms with Crippen LogP contribution in [0.1, 0.15) is 28.6 Å². The van der Waals surface area contributed by atoms with Gasteiger partial charge in [0.05, 0.1) is 31.1 Å². The summed E-state index contributed by atoms with van der Waals surface area (Å²) in [4.78, 5) is 27.7. The van der Waals surface area contributed by atoms with Crippen LogP contribution in [0.2, 0.25) is 0 Å². The van der Waals surface area contributed by atoms with Crippen LogP contribution in [0.25, 0.3) is 10.9 Å². The van der Waals surface area contributed by atoms with Gasteiger partial charge in [-0.15, -0.1) is 0 Å². The molecular weight excluding hydrogens is 376 g/mol. The summed E-state index contributed by atoms with van der Waals surface area (Å²) in [6, 6.07) is 17.6. The highest BCUT2D eigenvalue weighted by Gasteiger charge is 2.34. The van der Waals surface area contributed by atoms with E-state index in [1.807, 2.05) is 59.5 Å². The van der Waals surface area contributed by atoms with Crippen molar-refractivity contribution in [3.8, 4) is 5.75 Å². The van der Waals surface area contributed by atoms with Crippen molar-refractivity contribution < 1.29 is 9.53 Å². The molecule has 6 nitrogen and oxygen atoms in total. The maximum Gasteiger partial charge on any atom is 0.227 e. The average Bonchev–Trinajstić information content (AvgIpc) is 3.28. The number of ether oxygens (including phenoxy) is 1. The molecule has 0 spiro atoms. The van der Waals surface area contributed by atoms with E-state index in [4.69, 9.17) is 4.74 Å². The van der Waals surface area contributed by atoms with E-state index in [2.05, 4.69) is 15.0 Å². The fourth-order valence-corrected chi connectivity index (χ4v) is 4.24. The third-order valence-corrected chi connectivity index (χ3v) is 5.73. The first kappa shape index (κ1) is 18.4. The van der Waals surface area contributed by atoms with E-state index in [1.54, 1.807) is 19.6 Å². The predicted octanol–water partition coefficient (Wildman–Crippen LogP) is 3.68. The molecule has 1 amide bonds. The van der Waals surface area contributed by atoms with Crippen LogP contribution in [-0.2, 0) is 17.6 Å². The first-order valence-corrected chi connectivity index (χ1v) is 10.0. The van der Waals surface area contributed by atoms with E-state index in [1.165, 1.54) is 0 Å². The highest BCUT2D eigenvalue weighted by Crippen LogP contribution is 2.34. The number of para-hydroxylation sites is 1. The lowest BCUT2D eigenvalue weighted by molar-refractivity contribution is -0.132. The molecular formula is C24H22N4O2. The quantitative estimate of drug-likeness (QED) is 0.569. The van der Waals surface area contributed by atoms with E-state index >= 15 is 0 Å². The van der Waals surface area contributed by atoms with Gasteiger partial charge in [0.1, 0.15) is 11.8 Å². The Morgan fingerprint density at radius 3 is 2.80 bits per heavy atom. The molecule has 2 aromatic carbocycles. The van der Waals surface area contributed by atoms with E-state index in [-0.39, 0.29) is 11.9 Å². The third kappa shape index (κ3) is 3.20. The number of aromatic nitrogens is 3. The van der Waals surface area contributed by atoms with Crippen molar-refractivity contribution >= 4 is 16.8 Å². The molecule has 0 bridgehead atoms. The summed E-state index contributed by atoms with van der Waals surface area (Å²) in [5.41, 5.74) is 4.85. The van der Waals surface area contributed by atoms with Crippen molar-refractivity contribution in [3.63, 3.8) is 0 Å². The molecule has 0 radical (unpaired) electrons. The number of aromatic amines is 1. The molecule has 1 aliphatic heterocycles. The molecule has 0 fully saturated rings. The largest absolute Gasteiger partial charge is 0.497 e. The second kappa shape index (κ2) is 7.63. The van der Waals surface area contributed by atoms with Crippen LogP contribution in [0.3, 0.4) is 0 Å². The van der Waals surface area contributed by atoms with Gasteiger partial charge in [0.25, 0.3) is 0 Å². The molecule has 4 aromatic rings.